The molecular weight excluding hydrogens is 408 g/mol. The zero-order valence-electron chi connectivity index (χ0n) is 18.5. The normalized spacial score (nSPS) is 15.9. The van der Waals surface area contributed by atoms with Crippen LogP contribution in [-0.4, -0.2) is 55.6 Å². The van der Waals surface area contributed by atoms with Gasteiger partial charge >= 0.3 is 0 Å². The van der Waals surface area contributed by atoms with E-state index < -0.39 is 5.91 Å². The van der Waals surface area contributed by atoms with E-state index in [-0.39, 0.29) is 17.6 Å². The molecule has 4 heterocycles. The molecule has 0 radical (unpaired) electrons. The zero-order chi connectivity index (χ0) is 22.7. The van der Waals surface area contributed by atoms with E-state index in [2.05, 4.69) is 15.1 Å². The van der Waals surface area contributed by atoms with E-state index in [1.54, 1.807) is 16.9 Å². The monoisotopic (exact) mass is 436 g/mol. The Morgan fingerprint density at radius 2 is 2.16 bits per heavy atom. The SMILES string of the molecule is Cc1nc2c(C(N)=O)cnn2c(C)c1CCC(=O)N(Cc1cccnc1)CC1CCCO1. The van der Waals surface area contributed by atoms with Gasteiger partial charge in [0.2, 0.25) is 5.91 Å². The second-order valence-corrected chi connectivity index (χ2v) is 8.19. The lowest BCUT2D eigenvalue weighted by Crippen LogP contribution is -2.37. The predicted molar refractivity (Wildman–Crippen MR) is 118 cm³/mol. The molecule has 2 amide bonds. The molecule has 1 saturated heterocycles. The number of nitrogens with zero attached hydrogens (tertiary/aromatic N) is 5. The average molecular weight is 437 g/mol. The quantitative estimate of drug-likeness (QED) is 0.577. The summed E-state index contributed by atoms with van der Waals surface area (Å²) in [7, 11) is 0. The average Bonchev–Trinajstić information content (AvgIpc) is 3.43. The number of primary amides is 1. The summed E-state index contributed by atoms with van der Waals surface area (Å²) in [6, 6.07) is 3.85. The van der Waals surface area contributed by atoms with Crippen LogP contribution in [0, 0.1) is 13.8 Å². The molecule has 0 spiro atoms. The molecule has 1 unspecified atom stereocenters. The van der Waals surface area contributed by atoms with Crippen molar-refractivity contribution in [1.82, 2.24) is 24.5 Å². The Balaban J connectivity index is 1.51. The molecule has 9 heteroatoms. The van der Waals surface area contributed by atoms with Crippen LogP contribution in [0.15, 0.2) is 30.7 Å². The Labute approximate surface area is 186 Å². The van der Waals surface area contributed by atoms with E-state index >= 15 is 0 Å². The van der Waals surface area contributed by atoms with Gasteiger partial charge in [0.25, 0.3) is 5.91 Å². The lowest BCUT2D eigenvalue weighted by atomic mass is 10.1. The maximum atomic E-state index is 13.2. The molecule has 3 aromatic heterocycles. The number of aryl methyl sites for hydroxylation is 2. The van der Waals surface area contributed by atoms with E-state index in [1.807, 2.05) is 30.9 Å². The molecule has 168 valence electrons. The highest BCUT2D eigenvalue weighted by Crippen LogP contribution is 2.20. The molecule has 2 N–H and O–H groups in total. The minimum atomic E-state index is -0.561. The third kappa shape index (κ3) is 4.62. The number of ether oxygens (including phenoxy) is 1. The molecule has 1 atom stereocenters. The Kier molecular flexibility index (Phi) is 6.45. The number of hydrogen-bond acceptors (Lipinski definition) is 6. The number of carbonyl (C=O) groups excluding carboxylic acids is 2. The number of pyridine rings is 1. The van der Waals surface area contributed by atoms with Crippen molar-refractivity contribution in [3.8, 4) is 0 Å². The fourth-order valence-electron chi connectivity index (χ4n) is 4.24. The summed E-state index contributed by atoms with van der Waals surface area (Å²) in [6.45, 7) is 5.62. The summed E-state index contributed by atoms with van der Waals surface area (Å²) < 4.78 is 7.39. The lowest BCUT2D eigenvalue weighted by molar-refractivity contribution is -0.133. The number of amides is 2. The molecule has 1 fully saturated rings. The number of aromatic nitrogens is 4. The number of nitrogens with two attached hydrogens (primary N) is 1. The van der Waals surface area contributed by atoms with Gasteiger partial charge in [0.1, 0.15) is 5.56 Å². The van der Waals surface area contributed by atoms with Gasteiger partial charge < -0.3 is 15.4 Å². The molecule has 0 saturated carbocycles. The maximum absolute atomic E-state index is 13.2. The molecule has 1 aliphatic rings. The first-order valence-electron chi connectivity index (χ1n) is 10.9. The Hall–Kier alpha value is -3.33. The van der Waals surface area contributed by atoms with Crippen LogP contribution in [-0.2, 0) is 22.5 Å². The second kappa shape index (κ2) is 9.44. The van der Waals surface area contributed by atoms with Crippen LogP contribution < -0.4 is 5.73 Å². The van der Waals surface area contributed by atoms with Crippen LogP contribution >= 0.6 is 0 Å². The minimum absolute atomic E-state index is 0.0570. The van der Waals surface area contributed by atoms with Gasteiger partial charge in [-0.2, -0.15) is 5.10 Å². The van der Waals surface area contributed by atoms with Crippen molar-refractivity contribution in [3.05, 3.63) is 58.8 Å². The summed E-state index contributed by atoms with van der Waals surface area (Å²) in [5.74, 6) is -0.504. The zero-order valence-corrected chi connectivity index (χ0v) is 18.5. The summed E-state index contributed by atoms with van der Waals surface area (Å²) in [6.07, 6.45) is 7.89. The highest BCUT2D eigenvalue weighted by atomic mass is 16.5. The van der Waals surface area contributed by atoms with Crippen LogP contribution in [0.3, 0.4) is 0 Å². The summed E-state index contributed by atoms with van der Waals surface area (Å²) in [5.41, 5.74) is 9.72. The fourth-order valence-corrected chi connectivity index (χ4v) is 4.24. The van der Waals surface area contributed by atoms with Gasteiger partial charge in [-0.3, -0.25) is 14.6 Å². The predicted octanol–water partition coefficient (Wildman–Crippen LogP) is 1.98. The highest BCUT2D eigenvalue weighted by molar-refractivity contribution is 5.98. The number of rotatable bonds is 8. The van der Waals surface area contributed by atoms with E-state index in [0.29, 0.717) is 31.6 Å². The van der Waals surface area contributed by atoms with Crippen LogP contribution in [0.4, 0.5) is 0 Å². The molecule has 0 aliphatic carbocycles. The molecule has 1 aliphatic heterocycles. The van der Waals surface area contributed by atoms with Gasteiger partial charge in [-0.25, -0.2) is 9.50 Å². The highest BCUT2D eigenvalue weighted by Gasteiger charge is 2.24. The Morgan fingerprint density at radius 3 is 2.84 bits per heavy atom. The maximum Gasteiger partial charge on any atom is 0.254 e. The second-order valence-electron chi connectivity index (χ2n) is 8.19. The van der Waals surface area contributed by atoms with Crippen molar-refractivity contribution in [1.29, 1.82) is 0 Å². The van der Waals surface area contributed by atoms with Crippen molar-refractivity contribution >= 4 is 17.5 Å². The van der Waals surface area contributed by atoms with Crippen molar-refractivity contribution in [2.24, 2.45) is 5.73 Å². The van der Waals surface area contributed by atoms with Crippen molar-refractivity contribution in [2.75, 3.05) is 13.2 Å². The summed E-state index contributed by atoms with van der Waals surface area (Å²) in [5, 5.41) is 4.26. The van der Waals surface area contributed by atoms with Crippen molar-refractivity contribution < 1.29 is 14.3 Å². The molecule has 32 heavy (non-hydrogen) atoms. The first-order valence-corrected chi connectivity index (χ1v) is 10.9. The summed E-state index contributed by atoms with van der Waals surface area (Å²) in [4.78, 5) is 35.4. The topological polar surface area (TPSA) is 116 Å². The minimum Gasteiger partial charge on any atom is -0.376 e. The van der Waals surface area contributed by atoms with Crippen LogP contribution in [0.5, 0.6) is 0 Å². The van der Waals surface area contributed by atoms with Gasteiger partial charge in [-0.1, -0.05) is 6.07 Å². The fraction of sp³-hybridized carbons (Fsp3) is 0.435. The third-order valence-corrected chi connectivity index (χ3v) is 5.96. The van der Waals surface area contributed by atoms with Crippen LogP contribution in [0.2, 0.25) is 0 Å². The van der Waals surface area contributed by atoms with E-state index in [4.69, 9.17) is 10.5 Å². The van der Waals surface area contributed by atoms with Crippen LogP contribution in [0.25, 0.3) is 5.65 Å². The number of fused-ring (bicyclic) bond motifs is 1. The Morgan fingerprint density at radius 1 is 1.31 bits per heavy atom. The van der Waals surface area contributed by atoms with Crippen molar-refractivity contribution in [3.63, 3.8) is 0 Å². The van der Waals surface area contributed by atoms with Gasteiger partial charge in [-0.15, -0.1) is 0 Å². The van der Waals surface area contributed by atoms with E-state index in [0.717, 1.165) is 42.0 Å². The lowest BCUT2D eigenvalue weighted by Gasteiger charge is -2.26. The van der Waals surface area contributed by atoms with Gasteiger partial charge in [-0.05, 0) is 50.3 Å². The molecular formula is C23H28N6O3. The van der Waals surface area contributed by atoms with Gasteiger partial charge in [0.05, 0.1) is 12.3 Å². The van der Waals surface area contributed by atoms with Gasteiger partial charge in [0, 0.05) is 49.9 Å². The third-order valence-electron chi connectivity index (χ3n) is 5.96. The van der Waals surface area contributed by atoms with Crippen molar-refractivity contribution in [2.45, 2.75) is 52.2 Å². The number of hydrogen-bond donors (Lipinski definition) is 1. The Bertz CT molecular complexity index is 1120. The van der Waals surface area contributed by atoms with E-state index in [9.17, 15) is 9.59 Å². The molecule has 0 aromatic carbocycles. The number of carbonyl (C=O) groups is 2. The van der Waals surface area contributed by atoms with Crippen LogP contribution in [0.1, 0.15) is 52.1 Å². The molecule has 4 rings (SSSR count). The smallest absolute Gasteiger partial charge is 0.254 e. The standard InChI is InChI=1S/C23H28N6O3/c1-15-19(16(2)29-23(27-15)20(12-26-29)22(24)31)7-8-21(30)28(14-18-6-4-10-32-18)13-17-5-3-9-25-11-17/h3,5,9,11-12,18H,4,6-8,10,13-14H2,1-2H3,(H2,24,31). The summed E-state index contributed by atoms with van der Waals surface area (Å²) >= 11 is 0. The first kappa shape index (κ1) is 21.9. The molecule has 3 aromatic rings. The largest absolute Gasteiger partial charge is 0.376 e. The molecule has 0 bridgehead atoms. The first-order chi connectivity index (χ1) is 15.4. The molecule has 9 nitrogen and oxygen atoms in total. The van der Waals surface area contributed by atoms with Gasteiger partial charge in [0.15, 0.2) is 5.65 Å². The van der Waals surface area contributed by atoms with E-state index in [1.165, 1.54) is 6.20 Å².